The Balaban J connectivity index is 1.62. The molecule has 0 spiro atoms. The molecule has 0 bridgehead atoms. The van der Waals surface area contributed by atoms with E-state index < -0.39 is 67.0 Å². The van der Waals surface area contributed by atoms with Gasteiger partial charge in [-0.05, 0) is 56.1 Å². The summed E-state index contributed by atoms with van der Waals surface area (Å²) in [7, 11) is 0. The number of aliphatic hydroxyl groups excluding tert-OH is 4. The largest absolute Gasteiger partial charge is 0.454 e. The second-order valence-electron chi connectivity index (χ2n) is 9.55. The number of rotatable bonds is 3. The van der Waals surface area contributed by atoms with Crippen molar-refractivity contribution in [2.24, 2.45) is 11.3 Å². The number of fused-ring (bicyclic) bond motifs is 3. The maximum Gasteiger partial charge on any atom is 0.312 e. The normalized spacial score (nSPS) is 51.4. The van der Waals surface area contributed by atoms with Crippen LogP contribution in [0.25, 0.3) is 0 Å². The van der Waals surface area contributed by atoms with Crippen LogP contribution in [0.5, 0.6) is 0 Å². The number of hydrogen-bond donors (Lipinski definition) is 5. The van der Waals surface area contributed by atoms with Gasteiger partial charge in [0.15, 0.2) is 12.4 Å². The van der Waals surface area contributed by atoms with E-state index >= 15 is 0 Å². The zero-order chi connectivity index (χ0) is 22.0. The molecule has 0 aromatic carbocycles. The van der Waals surface area contributed by atoms with Crippen LogP contribution in [0.2, 0.25) is 0 Å². The highest BCUT2D eigenvalue weighted by molar-refractivity contribution is 5.77. The minimum Gasteiger partial charge on any atom is -0.454 e. The fourth-order valence-electron chi connectivity index (χ4n) is 5.63. The Morgan fingerprint density at radius 1 is 1.13 bits per heavy atom. The SMILES string of the molecule is CC1=C2C3OC(=O)C(C)C3(O)CCC2(C)CCC1O[C@@H]1O[C@H](CO)[C@@H](O)[C@H](O)[C@H]1O. The summed E-state index contributed by atoms with van der Waals surface area (Å²) in [6.45, 7) is 5.12. The first-order valence-electron chi connectivity index (χ1n) is 10.6. The van der Waals surface area contributed by atoms with Gasteiger partial charge in [0.1, 0.15) is 30.0 Å². The molecule has 1 saturated carbocycles. The van der Waals surface area contributed by atoms with E-state index in [0.717, 1.165) is 24.0 Å². The fourth-order valence-corrected chi connectivity index (χ4v) is 5.63. The van der Waals surface area contributed by atoms with E-state index in [0.29, 0.717) is 12.8 Å². The first kappa shape index (κ1) is 22.1. The Labute approximate surface area is 175 Å². The summed E-state index contributed by atoms with van der Waals surface area (Å²) in [6, 6.07) is 0. The molecule has 2 aliphatic heterocycles. The van der Waals surface area contributed by atoms with Crippen molar-refractivity contribution in [3.05, 3.63) is 11.1 Å². The zero-order valence-electron chi connectivity index (χ0n) is 17.5. The molecule has 2 aliphatic carbocycles. The summed E-state index contributed by atoms with van der Waals surface area (Å²) in [5.74, 6) is -1.02. The van der Waals surface area contributed by atoms with Crippen molar-refractivity contribution in [2.45, 2.75) is 95.0 Å². The van der Waals surface area contributed by atoms with Crippen molar-refractivity contribution in [1.82, 2.24) is 0 Å². The highest BCUT2D eigenvalue weighted by atomic mass is 16.7. The summed E-state index contributed by atoms with van der Waals surface area (Å²) in [6.07, 6.45) is -5.41. The number of carbonyl (C=O) groups excluding carboxylic acids is 1. The minimum atomic E-state index is -1.51. The molecule has 5 N–H and O–H groups in total. The van der Waals surface area contributed by atoms with Gasteiger partial charge in [0.25, 0.3) is 0 Å². The molecule has 4 aliphatic rings. The number of hydrogen-bond acceptors (Lipinski definition) is 9. The summed E-state index contributed by atoms with van der Waals surface area (Å²) in [5.41, 5.74) is 0.180. The topological polar surface area (TPSA) is 146 Å². The molecular formula is C21H32O9. The number of ether oxygens (including phenoxy) is 3. The van der Waals surface area contributed by atoms with Crippen molar-refractivity contribution >= 4 is 5.97 Å². The highest BCUT2D eigenvalue weighted by Crippen LogP contribution is 2.57. The molecule has 5 unspecified atom stereocenters. The fraction of sp³-hybridized carbons (Fsp3) is 0.857. The third-order valence-corrected chi connectivity index (χ3v) is 7.79. The lowest BCUT2D eigenvalue weighted by Crippen LogP contribution is -2.60. The van der Waals surface area contributed by atoms with Crippen LogP contribution in [0, 0.1) is 11.3 Å². The molecule has 10 atom stereocenters. The Hall–Kier alpha value is -1.07. The second kappa shape index (κ2) is 7.51. The Kier molecular flexibility index (Phi) is 5.54. The van der Waals surface area contributed by atoms with Crippen molar-refractivity contribution in [3.8, 4) is 0 Å². The average Bonchev–Trinajstić information content (AvgIpc) is 2.94. The molecule has 2 heterocycles. The van der Waals surface area contributed by atoms with Crippen LogP contribution in [0.1, 0.15) is 46.5 Å². The Morgan fingerprint density at radius 2 is 1.83 bits per heavy atom. The molecule has 0 aromatic rings. The highest BCUT2D eigenvalue weighted by Gasteiger charge is 2.62. The van der Waals surface area contributed by atoms with Crippen LogP contribution in [0.3, 0.4) is 0 Å². The van der Waals surface area contributed by atoms with Gasteiger partial charge < -0.3 is 39.7 Å². The third-order valence-electron chi connectivity index (χ3n) is 7.79. The lowest BCUT2D eigenvalue weighted by molar-refractivity contribution is -0.309. The summed E-state index contributed by atoms with van der Waals surface area (Å²) < 4.78 is 17.1. The van der Waals surface area contributed by atoms with E-state index in [1.165, 1.54) is 0 Å². The standard InChI is InChI=1S/C21H32O9/c1-9-11(28-19-16(25)15(24)14(23)12(8-22)29-19)4-5-20(3)6-7-21(27)10(2)18(26)30-17(21)13(9)20/h10-12,14-17,19,22-25,27H,4-8H2,1-3H3/t10?,11?,12-,14-,15+,16-,17?,19-,20?,21?/m1/s1. The quantitative estimate of drug-likeness (QED) is 0.293. The van der Waals surface area contributed by atoms with Gasteiger partial charge in [0.2, 0.25) is 0 Å². The van der Waals surface area contributed by atoms with Crippen molar-refractivity contribution in [2.75, 3.05) is 6.61 Å². The van der Waals surface area contributed by atoms with Crippen LogP contribution >= 0.6 is 0 Å². The Morgan fingerprint density at radius 3 is 2.50 bits per heavy atom. The third kappa shape index (κ3) is 3.14. The van der Waals surface area contributed by atoms with Crippen molar-refractivity contribution in [3.63, 3.8) is 0 Å². The molecule has 9 heteroatoms. The monoisotopic (exact) mass is 428 g/mol. The molecule has 170 valence electrons. The van der Waals surface area contributed by atoms with E-state index in [9.17, 15) is 30.3 Å². The van der Waals surface area contributed by atoms with Gasteiger partial charge in [-0.3, -0.25) is 4.79 Å². The molecule has 9 nitrogen and oxygen atoms in total. The van der Waals surface area contributed by atoms with Gasteiger partial charge in [0, 0.05) is 0 Å². The predicted octanol–water partition coefficient (Wildman–Crippen LogP) is -0.625. The smallest absolute Gasteiger partial charge is 0.312 e. The lowest BCUT2D eigenvalue weighted by atomic mass is 9.57. The summed E-state index contributed by atoms with van der Waals surface area (Å²) >= 11 is 0. The van der Waals surface area contributed by atoms with Crippen LogP contribution < -0.4 is 0 Å². The van der Waals surface area contributed by atoms with Gasteiger partial charge in [0.05, 0.1) is 18.6 Å². The second-order valence-corrected chi connectivity index (χ2v) is 9.55. The molecular weight excluding hydrogens is 396 g/mol. The van der Waals surface area contributed by atoms with E-state index in [1.54, 1.807) is 6.92 Å². The van der Waals surface area contributed by atoms with Gasteiger partial charge >= 0.3 is 5.97 Å². The number of carbonyl (C=O) groups is 1. The van der Waals surface area contributed by atoms with Crippen molar-refractivity contribution < 1.29 is 44.5 Å². The maximum atomic E-state index is 12.2. The van der Waals surface area contributed by atoms with Crippen molar-refractivity contribution in [1.29, 1.82) is 0 Å². The zero-order valence-corrected chi connectivity index (χ0v) is 17.5. The molecule has 2 saturated heterocycles. The van der Waals surface area contributed by atoms with E-state index in [-0.39, 0.29) is 5.41 Å². The molecule has 3 fully saturated rings. The van der Waals surface area contributed by atoms with E-state index in [1.807, 2.05) is 6.92 Å². The van der Waals surface area contributed by atoms with Gasteiger partial charge in [-0.2, -0.15) is 0 Å². The first-order valence-corrected chi connectivity index (χ1v) is 10.6. The first-order chi connectivity index (χ1) is 14.0. The van der Waals surface area contributed by atoms with Crippen LogP contribution in [0.15, 0.2) is 11.1 Å². The number of esters is 1. The van der Waals surface area contributed by atoms with E-state index in [2.05, 4.69) is 6.92 Å². The van der Waals surface area contributed by atoms with Gasteiger partial charge in [-0.1, -0.05) is 6.92 Å². The lowest BCUT2D eigenvalue weighted by Gasteiger charge is -2.51. The molecule has 4 rings (SSSR count). The van der Waals surface area contributed by atoms with Crippen LogP contribution in [-0.2, 0) is 19.0 Å². The molecule has 0 amide bonds. The number of aliphatic hydroxyl groups is 5. The van der Waals surface area contributed by atoms with E-state index in [4.69, 9.17) is 14.2 Å². The molecule has 0 radical (unpaired) electrons. The Bertz CT molecular complexity index is 736. The molecule has 0 aromatic heterocycles. The van der Waals surface area contributed by atoms with Crippen LogP contribution in [0.4, 0.5) is 0 Å². The van der Waals surface area contributed by atoms with Crippen LogP contribution in [-0.4, -0.2) is 86.6 Å². The van der Waals surface area contributed by atoms with Gasteiger partial charge in [-0.25, -0.2) is 0 Å². The predicted molar refractivity (Wildman–Crippen MR) is 102 cm³/mol. The minimum absolute atomic E-state index is 0.236. The summed E-state index contributed by atoms with van der Waals surface area (Å²) in [4.78, 5) is 12.2. The summed E-state index contributed by atoms with van der Waals surface area (Å²) in [5, 5.41) is 50.9. The van der Waals surface area contributed by atoms with Gasteiger partial charge in [-0.15, -0.1) is 0 Å². The average molecular weight is 428 g/mol. The molecule has 30 heavy (non-hydrogen) atoms. The maximum absolute atomic E-state index is 12.2.